The van der Waals surface area contributed by atoms with Crippen LogP contribution < -0.4 is 5.32 Å². The number of hydrogen-bond acceptors (Lipinski definition) is 5. The summed E-state index contributed by atoms with van der Waals surface area (Å²) in [5.41, 5.74) is 0.249. The highest BCUT2D eigenvalue weighted by molar-refractivity contribution is 6.55. The summed E-state index contributed by atoms with van der Waals surface area (Å²) in [6, 6.07) is 11.5. The van der Waals surface area contributed by atoms with Crippen molar-refractivity contribution < 1.29 is 23.9 Å². The highest BCUT2D eigenvalue weighted by atomic mass is 35.5. The van der Waals surface area contributed by atoms with E-state index in [0.29, 0.717) is 15.5 Å². The third-order valence-corrected chi connectivity index (χ3v) is 7.90. The van der Waals surface area contributed by atoms with Crippen LogP contribution in [0.4, 0.5) is 5.69 Å². The van der Waals surface area contributed by atoms with Crippen LogP contribution in [-0.4, -0.2) is 41.2 Å². The monoisotopic (exact) mass is 632 g/mol. The molecule has 0 saturated carbocycles. The van der Waals surface area contributed by atoms with Crippen molar-refractivity contribution in [2.75, 3.05) is 11.9 Å². The lowest BCUT2D eigenvalue weighted by molar-refractivity contribution is -0.151. The summed E-state index contributed by atoms with van der Waals surface area (Å²) in [5, 5.41) is 2.05. The summed E-state index contributed by atoms with van der Waals surface area (Å²) in [6.07, 6.45) is -0.121. The number of amides is 3. The van der Waals surface area contributed by atoms with Crippen molar-refractivity contribution in [1.29, 1.82) is 0 Å². The highest BCUT2D eigenvalue weighted by Crippen LogP contribution is 2.45. The van der Waals surface area contributed by atoms with Crippen LogP contribution in [-0.2, 0) is 20.7 Å². The van der Waals surface area contributed by atoms with Crippen LogP contribution in [0.25, 0.3) is 0 Å². The molecule has 0 fully saturated rings. The number of nitrogens with zero attached hydrogens (tertiary/aromatic N) is 1. The minimum atomic E-state index is -1.47. The lowest BCUT2D eigenvalue weighted by atomic mass is 10.0. The Hall–Kier alpha value is -2.52. The summed E-state index contributed by atoms with van der Waals surface area (Å²) in [6.45, 7) is -0.741. The molecule has 0 spiro atoms. The van der Waals surface area contributed by atoms with Gasteiger partial charge in [-0.2, -0.15) is 0 Å². The zero-order valence-electron chi connectivity index (χ0n) is 18.9. The molecule has 3 amide bonds. The van der Waals surface area contributed by atoms with Crippen LogP contribution in [0.5, 0.6) is 0 Å². The van der Waals surface area contributed by atoms with Gasteiger partial charge >= 0.3 is 5.97 Å². The first-order valence-electron chi connectivity index (χ1n) is 10.7. The van der Waals surface area contributed by atoms with Crippen molar-refractivity contribution in [2.24, 2.45) is 0 Å². The van der Waals surface area contributed by atoms with E-state index in [4.69, 9.17) is 74.3 Å². The average molecular weight is 635 g/mol. The van der Waals surface area contributed by atoms with Crippen LogP contribution in [0.3, 0.4) is 0 Å². The smallest absolute Gasteiger partial charge is 0.330 e. The lowest BCUT2D eigenvalue weighted by Crippen LogP contribution is -2.47. The molecule has 0 aliphatic carbocycles. The Morgan fingerprint density at radius 1 is 0.816 bits per heavy atom. The molecule has 3 aromatic carbocycles. The normalized spacial score (nSPS) is 13.4. The molecule has 0 radical (unpaired) electrons. The lowest BCUT2D eigenvalue weighted by Gasteiger charge is -2.24. The van der Waals surface area contributed by atoms with Gasteiger partial charge in [-0.05, 0) is 23.8 Å². The third-order valence-electron chi connectivity index (χ3n) is 5.54. The molecule has 1 heterocycles. The molecule has 0 bridgehead atoms. The predicted molar refractivity (Wildman–Crippen MR) is 147 cm³/mol. The van der Waals surface area contributed by atoms with E-state index in [-0.39, 0.29) is 48.3 Å². The fourth-order valence-electron chi connectivity index (χ4n) is 3.78. The molecule has 4 rings (SSSR count). The molecule has 38 heavy (non-hydrogen) atoms. The van der Waals surface area contributed by atoms with Gasteiger partial charge in [0.25, 0.3) is 17.7 Å². The van der Waals surface area contributed by atoms with Gasteiger partial charge in [-0.15, -0.1) is 0 Å². The maximum absolute atomic E-state index is 13.4. The van der Waals surface area contributed by atoms with E-state index in [2.05, 4.69) is 5.32 Å². The van der Waals surface area contributed by atoms with Gasteiger partial charge in [0, 0.05) is 11.4 Å². The van der Waals surface area contributed by atoms with E-state index in [1.807, 2.05) is 0 Å². The fraction of sp³-hybridized carbons (Fsp3) is 0.120. The largest absolute Gasteiger partial charge is 0.454 e. The third kappa shape index (κ3) is 5.59. The van der Waals surface area contributed by atoms with Crippen LogP contribution in [0.15, 0.2) is 48.5 Å². The van der Waals surface area contributed by atoms with Crippen molar-refractivity contribution >= 4 is 99.0 Å². The maximum Gasteiger partial charge on any atom is 0.330 e. The minimum Gasteiger partial charge on any atom is -0.454 e. The van der Waals surface area contributed by atoms with E-state index >= 15 is 0 Å². The number of benzene rings is 3. The quantitative estimate of drug-likeness (QED) is 0.131. The Morgan fingerprint density at radius 2 is 1.39 bits per heavy atom. The molecule has 7 nitrogen and oxygen atoms in total. The number of carbonyl (C=O) groups excluding carboxylic acids is 4. The number of fused-ring (bicyclic) bond motifs is 1. The van der Waals surface area contributed by atoms with Gasteiger partial charge in [-0.25, -0.2) is 4.79 Å². The topological polar surface area (TPSA) is 92.8 Å². The van der Waals surface area contributed by atoms with Crippen LogP contribution in [0, 0.1) is 0 Å². The van der Waals surface area contributed by atoms with Gasteiger partial charge in [-0.3, -0.25) is 19.3 Å². The second-order valence-electron chi connectivity index (χ2n) is 7.97. The summed E-state index contributed by atoms with van der Waals surface area (Å²) in [4.78, 5) is 53.1. The van der Waals surface area contributed by atoms with E-state index in [1.165, 1.54) is 18.2 Å². The number of halogens is 6. The van der Waals surface area contributed by atoms with Gasteiger partial charge in [-0.1, -0.05) is 99.9 Å². The first kappa shape index (κ1) is 28.5. The summed E-state index contributed by atoms with van der Waals surface area (Å²) in [7, 11) is 0. The minimum absolute atomic E-state index is 0.121. The maximum atomic E-state index is 13.4. The fourth-order valence-corrected chi connectivity index (χ4v) is 5.13. The van der Waals surface area contributed by atoms with Gasteiger partial charge in [0.05, 0.1) is 41.9 Å². The number of esters is 1. The predicted octanol–water partition coefficient (Wildman–Crippen LogP) is 7.00. The molecule has 1 N–H and O–H groups in total. The highest BCUT2D eigenvalue weighted by Gasteiger charge is 2.47. The summed E-state index contributed by atoms with van der Waals surface area (Å²) in [5.74, 6) is -3.58. The molecule has 3 aromatic rings. The van der Waals surface area contributed by atoms with Gasteiger partial charge in [0.2, 0.25) is 0 Å². The number of nitrogens with one attached hydrogen (secondary N) is 1. The Balaban J connectivity index is 1.61. The first-order valence-corrected chi connectivity index (χ1v) is 13.0. The number of anilines is 1. The van der Waals surface area contributed by atoms with Crippen molar-refractivity contribution in [3.05, 3.63) is 95.4 Å². The first-order chi connectivity index (χ1) is 18.0. The molecule has 13 heteroatoms. The molecule has 1 aliphatic rings. The number of carbonyl (C=O) groups is 4. The van der Waals surface area contributed by atoms with Crippen molar-refractivity contribution in [1.82, 2.24) is 4.90 Å². The number of hydrogen-bond donors (Lipinski definition) is 1. The summed E-state index contributed by atoms with van der Waals surface area (Å²) < 4.78 is 5.21. The van der Waals surface area contributed by atoms with Crippen molar-refractivity contribution in [2.45, 2.75) is 12.5 Å². The van der Waals surface area contributed by atoms with E-state index in [9.17, 15) is 19.2 Å². The Kier molecular flexibility index (Phi) is 8.77. The number of imide groups is 1. The molecular formula is C25H14Cl6N2O5. The molecular weight excluding hydrogens is 621 g/mol. The second kappa shape index (κ2) is 11.7. The van der Waals surface area contributed by atoms with Gasteiger partial charge in [0.15, 0.2) is 6.61 Å². The average Bonchev–Trinajstić information content (AvgIpc) is 3.15. The zero-order chi connectivity index (χ0) is 27.7. The van der Waals surface area contributed by atoms with Crippen LogP contribution in [0.2, 0.25) is 30.1 Å². The Bertz CT molecular complexity index is 1430. The molecule has 196 valence electrons. The van der Waals surface area contributed by atoms with Crippen LogP contribution in [0.1, 0.15) is 26.3 Å². The second-order valence-corrected chi connectivity index (χ2v) is 10.3. The molecule has 1 aliphatic heterocycles. The SMILES string of the molecule is O=C(COC(=O)[C@H](Cc1ccccc1)N1C(=O)c2c(Cl)c(Cl)c(Cl)c(Cl)c2C1=O)Nc1cc(Cl)ccc1Cl. The summed E-state index contributed by atoms with van der Waals surface area (Å²) >= 11 is 36.6. The van der Waals surface area contributed by atoms with Crippen molar-refractivity contribution in [3.8, 4) is 0 Å². The molecule has 1 atom stereocenters. The van der Waals surface area contributed by atoms with Crippen molar-refractivity contribution in [3.63, 3.8) is 0 Å². The number of ether oxygens (including phenoxy) is 1. The Morgan fingerprint density at radius 3 is 1.97 bits per heavy atom. The van der Waals surface area contributed by atoms with Gasteiger partial charge < -0.3 is 10.1 Å². The number of rotatable bonds is 7. The standard InChI is InChI=1S/C25H14Cl6N2O5/c26-12-6-7-13(27)14(9-12)32-16(34)10-38-25(37)15(8-11-4-2-1-3-5-11)33-23(35)17-18(24(33)36)20(29)22(31)21(30)19(17)28/h1-7,9,15H,8,10H2,(H,32,34)/t15-/m0/s1. The molecule has 0 unspecified atom stereocenters. The van der Waals surface area contributed by atoms with E-state index in [1.54, 1.807) is 30.3 Å². The Labute approximate surface area is 246 Å². The van der Waals surface area contributed by atoms with E-state index in [0.717, 1.165) is 0 Å². The zero-order valence-corrected chi connectivity index (χ0v) is 23.4. The van der Waals surface area contributed by atoms with Gasteiger partial charge in [0.1, 0.15) is 6.04 Å². The van der Waals surface area contributed by atoms with Crippen LogP contribution >= 0.6 is 69.6 Å². The molecule has 0 saturated heterocycles. The van der Waals surface area contributed by atoms with E-state index < -0.39 is 36.3 Å². The molecule has 0 aromatic heterocycles.